The Bertz CT molecular complexity index is 1840. The van der Waals surface area contributed by atoms with Gasteiger partial charge < -0.3 is 9.64 Å². The van der Waals surface area contributed by atoms with Crippen molar-refractivity contribution in [2.24, 2.45) is 0 Å². The lowest BCUT2D eigenvalue weighted by atomic mass is 9.96. The third-order valence-electron chi connectivity index (χ3n) is 8.40. The highest BCUT2D eigenvalue weighted by molar-refractivity contribution is 7.97. The summed E-state index contributed by atoms with van der Waals surface area (Å²) in [5.74, 6) is -1.20. The van der Waals surface area contributed by atoms with E-state index in [-0.39, 0.29) is 34.8 Å². The van der Waals surface area contributed by atoms with Gasteiger partial charge in [0.2, 0.25) is 5.91 Å². The van der Waals surface area contributed by atoms with Gasteiger partial charge in [-0.1, -0.05) is 84.9 Å². The first-order valence-corrected chi connectivity index (χ1v) is 16.8. The topological polar surface area (TPSA) is 95.9 Å². The quantitative estimate of drug-likeness (QED) is 0.128. The van der Waals surface area contributed by atoms with Crippen LogP contribution in [0.4, 0.5) is 0 Å². The standard InChI is InChI=1S/C38H37N5O4S/c1-3-47-38(46)31-18-12-22-39-35(31)48-43(37(45)33-21-20-28-13-10-11-19-32(28)40-33)27(2)36(44)42-25-23-41(24-26-42)34(29-14-6-4-7-15-29)30-16-8-5-9-17-30/h4-22,27,34H,3,23-26H2,1-2H3/t27-/m1/s1. The summed E-state index contributed by atoms with van der Waals surface area (Å²) in [6.45, 7) is 5.95. The average Bonchev–Trinajstić information content (AvgIpc) is 3.14. The monoisotopic (exact) mass is 659 g/mol. The van der Waals surface area contributed by atoms with Crippen LogP contribution in [0.3, 0.4) is 0 Å². The van der Waals surface area contributed by atoms with E-state index < -0.39 is 17.9 Å². The van der Waals surface area contributed by atoms with Gasteiger partial charge in [0.25, 0.3) is 5.91 Å². The Morgan fingerprint density at radius 3 is 2.12 bits per heavy atom. The zero-order valence-corrected chi connectivity index (χ0v) is 27.8. The SMILES string of the molecule is CCOC(=O)c1cccnc1SN(C(=O)c1ccc2ccccc2n1)[C@H](C)C(=O)N1CCN(C(c2ccccc2)c2ccccc2)CC1. The number of benzene rings is 3. The minimum absolute atomic E-state index is 0.0557. The molecule has 1 aliphatic rings. The predicted molar refractivity (Wildman–Crippen MR) is 186 cm³/mol. The smallest absolute Gasteiger partial charge is 0.340 e. The van der Waals surface area contributed by atoms with Crippen LogP contribution in [0.5, 0.6) is 0 Å². The zero-order chi connectivity index (χ0) is 33.5. The molecule has 10 heteroatoms. The molecule has 1 aliphatic heterocycles. The summed E-state index contributed by atoms with van der Waals surface area (Å²) in [6, 6.07) is 34.2. The van der Waals surface area contributed by atoms with Crippen LogP contribution in [-0.2, 0) is 9.53 Å². The van der Waals surface area contributed by atoms with E-state index in [1.165, 1.54) is 15.4 Å². The molecule has 0 spiro atoms. The summed E-state index contributed by atoms with van der Waals surface area (Å²) in [7, 11) is 0. The van der Waals surface area contributed by atoms with Crippen molar-refractivity contribution in [3.63, 3.8) is 0 Å². The van der Waals surface area contributed by atoms with Gasteiger partial charge in [0.1, 0.15) is 16.8 Å². The Morgan fingerprint density at radius 2 is 1.46 bits per heavy atom. The molecule has 0 aliphatic carbocycles. The van der Waals surface area contributed by atoms with Crippen LogP contribution < -0.4 is 0 Å². The Kier molecular flexibility index (Phi) is 10.4. The fourth-order valence-electron chi connectivity index (χ4n) is 5.97. The van der Waals surface area contributed by atoms with E-state index in [4.69, 9.17) is 4.74 Å². The van der Waals surface area contributed by atoms with Crippen molar-refractivity contribution < 1.29 is 19.1 Å². The molecule has 3 aromatic carbocycles. The third kappa shape index (κ3) is 7.25. The molecule has 9 nitrogen and oxygen atoms in total. The largest absolute Gasteiger partial charge is 0.462 e. The average molecular weight is 660 g/mol. The Balaban J connectivity index is 1.25. The van der Waals surface area contributed by atoms with E-state index in [1.54, 1.807) is 38.2 Å². The van der Waals surface area contributed by atoms with E-state index in [9.17, 15) is 14.4 Å². The van der Waals surface area contributed by atoms with Crippen molar-refractivity contribution in [1.29, 1.82) is 0 Å². The van der Waals surface area contributed by atoms with E-state index in [0.29, 0.717) is 31.7 Å². The maximum absolute atomic E-state index is 14.2. The van der Waals surface area contributed by atoms with Crippen LogP contribution in [0.2, 0.25) is 0 Å². The van der Waals surface area contributed by atoms with Crippen LogP contribution in [0.15, 0.2) is 120 Å². The first-order valence-electron chi connectivity index (χ1n) is 16.1. The van der Waals surface area contributed by atoms with E-state index in [1.807, 2.05) is 47.4 Å². The van der Waals surface area contributed by atoms with Crippen LogP contribution in [0.25, 0.3) is 10.9 Å². The maximum atomic E-state index is 14.2. The lowest BCUT2D eigenvalue weighted by Gasteiger charge is -2.41. The molecule has 2 amide bonds. The van der Waals surface area contributed by atoms with Crippen LogP contribution >= 0.6 is 11.9 Å². The van der Waals surface area contributed by atoms with E-state index >= 15 is 0 Å². The lowest BCUT2D eigenvalue weighted by molar-refractivity contribution is -0.136. The molecule has 3 heterocycles. The molecule has 0 radical (unpaired) electrons. The number of para-hydroxylation sites is 1. The number of rotatable bonds is 10. The summed E-state index contributed by atoms with van der Waals surface area (Å²) < 4.78 is 6.63. The molecule has 1 saturated heterocycles. The highest BCUT2D eigenvalue weighted by atomic mass is 32.2. The number of pyridine rings is 2. The second-order valence-corrected chi connectivity index (χ2v) is 12.4. The van der Waals surface area contributed by atoms with E-state index in [2.05, 4.69) is 63.4 Å². The number of amides is 2. The molecule has 5 aromatic rings. The third-order valence-corrected chi connectivity index (χ3v) is 9.58. The van der Waals surface area contributed by atoms with Crippen molar-refractivity contribution in [2.45, 2.75) is 31.0 Å². The number of aromatic nitrogens is 2. The molecular weight excluding hydrogens is 623 g/mol. The number of piperazine rings is 1. The summed E-state index contributed by atoms with van der Waals surface area (Å²) in [4.78, 5) is 54.4. The maximum Gasteiger partial charge on any atom is 0.340 e. The summed E-state index contributed by atoms with van der Waals surface area (Å²) in [5, 5.41) is 1.16. The summed E-state index contributed by atoms with van der Waals surface area (Å²) in [5.41, 5.74) is 3.46. The molecule has 6 rings (SSSR count). The minimum Gasteiger partial charge on any atom is -0.462 e. The molecule has 244 valence electrons. The van der Waals surface area contributed by atoms with Gasteiger partial charge in [0, 0.05) is 49.7 Å². The summed E-state index contributed by atoms with van der Waals surface area (Å²) >= 11 is 0.952. The highest BCUT2D eigenvalue weighted by Crippen LogP contribution is 2.32. The molecule has 2 aromatic heterocycles. The van der Waals surface area contributed by atoms with Gasteiger partial charge in [-0.25, -0.2) is 14.8 Å². The normalized spacial score (nSPS) is 14.1. The number of ether oxygens (including phenoxy) is 1. The molecule has 48 heavy (non-hydrogen) atoms. The predicted octanol–water partition coefficient (Wildman–Crippen LogP) is 6.28. The Hall–Kier alpha value is -5.06. The van der Waals surface area contributed by atoms with Gasteiger partial charge in [-0.3, -0.25) is 18.8 Å². The zero-order valence-electron chi connectivity index (χ0n) is 26.9. The number of hydrogen-bond acceptors (Lipinski definition) is 8. The second-order valence-electron chi connectivity index (χ2n) is 11.4. The van der Waals surface area contributed by atoms with Crippen LogP contribution in [0.1, 0.15) is 51.9 Å². The van der Waals surface area contributed by atoms with Crippen molar-refractivity contribution in [3.05, 3.63) is 138 Å². The Labute approximate surface area is 284 Å². The number of hydrogen-bond donors (Lipinski definition) is 0. The minimum atomic E-state index is -0.890. The van der Waals surface area contributed by atoms with Crippen molar-refractivity contribution >= 4 is 40.6 Å². The Morgan fingerprint density at radius 1 is 0.812 bits per heavy atom. The number of fused-ring (bicyclic) bond motifs is 1. The van der Waals surface area contributed by atoms with Gasteiger partial charge in [0.05, 0.1) is 23.7 Å². The molecule has 0 saturated carbocycles. The van der Waals surface area contributed by atoms with Crippen molar-refractivity contribution in [2.75, 3.05) is 32.8 Å². The fraction of sp³-hybridized carbons (Fsp3) is 0.237. The lowest BCUT2D eigenvalue weighted by Crippen LogP contribution is -2.54. The van der Waals surface area contributed by atoms with Crippen LogP contribution in [0, 0.1) is 0 Å². The highest BCUT2D eigenvalue weighted by Gasteiger charge is 2.36. The van der Waals surface area contributed by atoms with Gasteiger partial charge in [-0.2, -0.15) is 0 Å². The molecule has 1 fully saturated rings. The first-order chi connectivity index (χ1) is 23.4. The molecule has 0 unspecified atom stereocenters. The van der Waals surface area contributed by atoms with Crippen LogP contribution in [-0.4, -0.2) is 80.7 Å². The number of esters is 1. The second kappa shape index (κ2) is 15.2. The van der Waals surface area contributed by atoms with Gasteiger partial charge >= 0.3 is 5.97 Å². The molecule has 0 N–H and O–H groups in total. The number of carbonyl (C=O) groups is 3. The first kappa shape index (κ1) is 32.9. The molecule has 0 bridgehead atoms. The van der Waals surface area contributed by atoms with Gasteiger partial charge in [-0.15, -0.1) is 0 Å². The van der Waals surface area contributed by atoms with Crippen molar-refractivity contribution in [3.8, 4) is 0 Å². The van der Waals surface area contributed by atoms with Gasteiger partial charge in [0.15, 0.2) is 0 Å². The fourth-order valence-corrected chi connectivity index (χ4v) is 6.93. The molecule has 1 atom stereocenters. The number of nitrogens with zero attached hydrogens (tertiary/aromatic N) is 5. The van der Waals surface area contributed by atoms with Gasteiger partial charge in [-0.05, 0) is 49.2 Å². The van der Waals surface area contributed by atoms with Crippen molar-refractivity contribution in [1.82, 2.24) is 24.1 Å². The van der Waals surface area contributed by atoms with E-state index in [0.717, 1.165) is 17.3 Å². The number of carbonyl (C=O) groups excluding carboxylic acids is 3. The summed E-state index contributed by atoms with van der Waals surface area (Å²) in [6.07, 6.45) is 1.55. The molecular formula is C38H37N5O4S.